The Morgan fingerprint density at radius 1 is 1.32 bits per heavy atom. The normalized spacial score (nSPS) is 10.7. The highest BCUT2D eigenvalue weighted by Gasteiger charge is 2.14. The molecule has 0 fully saturated rings. The molecule has 96 valence electrons. The largest absolute Gasteiger partial charge is 0.432 e. The molecule has 0 aliphatic carbocycles. The highest BCUT2D eigenvalue weighted by molar-refractivity contribution is 5.94. The van der Waals surface area contributed by atoms with Gasteiger partial charge in [-0.15, -0.1) is 0 Å². The number of nitrogens with zero attached hydrogens (tertiary/aromatic N) is 3. The predicted molar refractivity (Wildman–Crippen MR) is 61.9 cm³/mol. The van der Waals surface area contributed by atoms with E-state index in [4.69, 9.17) is 4.42 Å². The van der Waals surface area contributed by atoms with E-state index in [1.54, 1.807) is 0 Å². The summed E-state index contributed by atoms with van der Waals surface area (Å²) in [6.07, 6.45) is 3.75. The zero-order chi connectivity index (χ0) is 13.4. The Kier molecular flexibility index (Phi) is 2.27. The first kappa shape index (κ1) is 11.0. The van der Waals surface area contributed by atoms with Crippen LogP contribution in [-0.4, -0.2) is 30.5 Å². The molecular weight excluding hydrogens is 256 g/mol. The Morgan fingerprint density at radius 2 is 2.16 bits per heavy atom. The molecule has 1 amide bonds. The number of amides is 1. The molecule has 0 radical (unpaired) electrons. The molecule has 10 heteroatoms. The van der Waals surface area contributed by atoms with E-state index in [1.807, 2.05) is 4.98 Å². The number of carbonyl (C=O) groups excluding carboxylic acids is 1. The molecule has 0 aliphatic rings. The van der Waals surface area contributed by atoms with E-state index in [9.17, 15) is 14.4 Å². The summed E-state index contributed by atoms with van der Waals surface area (Å²) in [6, 6.07) is -0.690. The van der Waals surface area contributed by atoms with Crippen LogP contribution in [0.25, 0.3) is 11.2 Å². The third-order valence-corrected chi connectivity index (χ3v) is 2.31. The predicted octanol–water partition coefficient (Wildman–Crippen LogP) is -0.519. The second-order valence-corrected chi connectivity index (χ2v) is 3.49. The van der Waals surface area contributed by atoms with Crippen LogP contribution in [0.3, 0.4) is 0 Å². The molecule has 0 saturated heterocycles. The molecule has 3 rings (SSSR count). The molecule has 0 saturated carbocycles. The molecule has 3 aromatic heterocycles. The number of aromatic amines is 2. The minimum absolute atomic E-state index is 0.0148. The van der Waals surface area contributed by atoms with Gasteiger partial charge in [0.25, 0.3) is 5.56 Å². The van der Waals surface area contributed by atoms with Crippen molar-refractivity contribution in [3.8, 4) is 0 Å². The lowest BCUT2D eigenvalue weighted by atomic mass is 10.5. The van der Waals surface area contributed by atoms with Gasteiger partial charge in [-0.05, 0) is 0 Å². The SMILES string of the molecule is O=C(Nc1ncco1)n1cnc2c(=O)[nH]c(=O)[nH]c21. The summed E-state index contributed by atoms with van der Waals surface area (Å²) in [4.78, 5) is 46.3. The van der Waals surface area contributed by atoms with Crippen molar-refractivity contribution < 1.29 is 9.21 Å². The third kappa shape index (κ3) is 1.80. The first-order valence-corrected chi connectivity index (χ1v) is 5.05. The van der Waals surface area contributed by atoms with E-state index in [2.05, 4.69) is 20.3 Å². The fourth-order valence-corrected chi connectivity index (χ4v) is 1.53. The van der Waals surface area contributed by atoms with Crippen LogP contribution in [-0.2, 0) is 0 Å². The Hall–Kier alpha value is -3.17. The molecule has 0 aliphatic heterocycles. The maximum Gasteiger partial charge on any atom is 0.336 e. The fraction of sp³-hybridized carbons (Fsp3) is 0. The van der Waals surface area contributed by atoms with Gasteiger partial charge in [0.2, 0.25) is 0 Å². The first-order valence-electron chi connectivity index (χ1n) is 5.05. The summed E-state index contributed by atoms with van der Waals surface area (Å²) in [5.41, 5.74) is -1.48. The highest BCUT2D eigenvalue weighted by atomic mass is 16.4. The number of imidazole rings is 1. The Labute approximate surface area is 103 Å². The first-order chi connectivity index (χ1) is 9.15. The van der Waals surface area contributed by atoms with Crippen molar-refractivity contribution in [3.05, 3.63) is 39.6 Å². The monoisotopic (exact) mass is 262 g/mol. The van der Waals surface area contributed by atoms with E-state index in [1.165, 1.54) is 12.5 Å². The summed E-state index contributed by atoms with van der Waals surface area (Å²) >= 11 is 0. The summed E-state index contributed by atoms with van der Waals surface area (Å²) < 4.78 is 5.81. The quantitative estimate of drug-likeness (QED) is 0.539. The second kappa shape index (κ2) is 3.94. The average molecular weight is 262 g/mol. The van der Waals surface area contributed by atoms with Crippen LogP contribution in [0.1, 0.15) is 0 Å². The van der Waals surface area contributed by atoms with Crippen molar-refractivity contribution >= 4 is 23.2 Å². The highest BCUT2D eigenvalue weighted by Crippen LogP contribution is 2.06. The van der Waals surface area contributed by atoms with Gasteiger partial charge in [-0.25, -0.2) is 24.1 Å². The number of anilines is 1. The number of hydrogen-bond donors (Lipinski definition) is 3. The van der Waals surface area contributed by atoms with Crippen molar-refractivity contribution in [3.63, 3.8) is 0 Å². The van der Waals surface area contributed by atoms with Gasteiger partial charge in [0, 0.05) is 0 Å². The number of carbonyl (C=O) groups is 1. The van der Waals surface area contributed by atoms with Crippen molar-refractivity contribution in [1.29, 1.82) is 0 Å². The number of fused-ring (bicyclic) bond motifs is 1. The van der Waals surface area contributed by atoms with Crippen molar-refractivity contribution in [2.24, 2.45) is 0 Å². The second-order valence-electron chi connectivity index (χ2n) is 3.49. The van der Waals surface area contributed by atoms with Crippen LogP contribution in [0.4, 0.5) is 10.8 Å². The van der Waals surface area contributed by atoms with Gasteiger partial charge in [-0.2, -0.15) is 0 Å². The van der Waals surface area contributed by atoms with Crippen LogP contribution in [0.2, 0.25) is 0 Å². The minimum Gasteiger partial charge on any atom is -0.432 e. The van der Waals surface area contributed by atoms with E-state index < -0.39 is 17.3 Å². The molecule has 0 spiro atoms. The summed E-state index contributed by atoms with van der Waals surface area (Å²) in [7, 11) is 0. The van der Waals surface area contributed by atoms with Gasteiger partial charge in [-0.3, -0.25) is 20.1 Å². The molecule has 3 aromatic rings. The fourth-order valence-electron chi connectivity index (χ4n) is 1.53. The van der Waals surface area contributed by atoms with Gasteiger partial charge >= 0.3 is 17.7 Å². The van der Waals surface area contributed by atoms with Crippen LogP contribution in [0, 0.1) is 0 Å². The Bertz CT molecular complexity index is 855. The molecule has 0 unspecified atom stereocenters. The topological polar surface area (TPSA) is 139 Å². The maximum atomic E-state index is 11.9. The summed E-state index contributed by atoms with van der Waals surface area (Å²) in [5.74, 6) is 0. The smallest absolute Gasteiger partial charge is 0.336 e. The standard InChI is InChI=1S/C9H6N6O4/c16-6-4-5(12-7(17)13-6)15(3-11-4)9(18)14-8-10-1-2-19-8/h1-3H,(H,10,14,18)(H2,12,13,16,17). The van der Waals surface area contributed by atoms with E-state index in [0.717, 1.165) is 10.9 Å². The molecular formula is C9H6N6O4. The zero-order valence-electron chi connectivity index (χ0n) is 9.21. The molecule has 0 atom stereocenters. The molecule has 0 bridgehead atoms. The lowest BCUT2D eigenvalue weighted by Crippen LogP contribution is -2.25. The molecule has 19 heavy (non-hydrogen) atoms. The maximum absolute atomic E-state index is 11.9. The number of rotatable bonds is 1. The van der Waals surface area contributed by atoms with Gasteiger partial charge < -0.3 is 4.42 Å². The average Bonchev–Trinajstić information content (AvgIpc) is 2.97. The van der Waals surface area contributed by atoms with Gasteiger partial charge in [-0.1, -0.05) is 0 Å². The Morgan fingerprint density at radius 3 is 2.89 bits per heavy atom. The summed E-state index contributed by atoms with van der Waals surface area (Å²) in [6.45, 7) is 0. The zero-order valence-corrected chi connectivity index (χ0v) is 9.21. The summed E-state index contributed by atoms with van der Waals surface area (Å²) in [5, 5.41) is 2.33. The van der Waals surface area contributed by atoms with Crippen molar-refractivity contribution in [2.45, 2.75) is 0 Å². The number of hydrogen-bond acceptors (Lipinski definition) is 6. The Balaban J connectivity index is 2.08. The van der Waals surface area contributed by atoms with E-state index >= 15 is 0 Å². The molecule has 0 aromatic carbocycles. The molecule has 3 N–H and O–H groups in total. The van der Waals surface area contributed by atoms with Crippen LogP contribution in [0.5, 0.6) is 0 Å². The number of oxazole rings is 1. The van der Waals surface area contributed by atoms with E-state index in [-0.39, 0.29) is 17.2 Å². The van der Waals surface area contributed by atoms with Gasteiger partial charge in [0.15, 0.2) is 11.2 Å². The lowest BCUT2D eigenvalue weighted by Gasteiger charge is -2.01. The molecule has 10 nitrogen and oxygen atoms in total. The van der Waals surface area contributed by atoms with Crippen LogP contribution >= 0.6 is 0 Å². The number of nitrogens with one attached hydrogen (secondary N) is 3. The van der Waals surface area contributed by atoms with E-state index in [0.29, 0.717) is 0 Å². The molecule has 3 heterocycles. The van der Waals surface area contributed by atoms with Gasteiger partial charge in [0.05, 0.1) is 6.20 Å². The van der Waals surface area contributed by atoms with Gasteiger partial charge in [0.1, 0.15) is 12.6 Å². The number of aromatic nitrogens is 5. The number of H-pyrrole nitrogens is 2. The van der Waals surface area contributed by atoms with Crippen molar-refractivity contribution in [2.75, 3.05) is 5.32 Å². The lowest BCUT2D eigenvalue weighted by molar-refractivity contribution is 0.253. The van der Waals surface area contributed by atoms with Crippen LogP contribution in [0.15, 0.2) is 32.8 Å². The minimum atomic E-state index is -0.733. The third-order valence-electron chi connectivity index (χ3n) is 2.31. The van der Waals surface area contributed by atoms with Crippen LogP contribution < -0.4 is 16.6 Å². The van der Waals surface area contributed by atoms with Crippen molar-refractivity contribution in [1.82, 2.24) is 24.5 Å².